The van der Waals surface area contributed by atoms with Crippen molar-refractivity contribution in [3.05, 3.63) is 0 Å². The molecule has 0 N–H and O–H groups in total. The number of ether oxygens (including phenoxy) is 1. The van der Waals surface area contributed by atoms with E-state index in [1.54, 1.807) is 7.11 Å². The van der Waals surface area contributed by atoms with Crippen molar-refractivity contribution < 1.29 is 14.5 Å². The standard InChI is InChI=1S/C11H19IO3/c1-10(8-12)7-9-5-3-4-6-11(9,13-2)15-14-10/h9H,3-8H2,1-2H3/t9-,10?,11-/m0/s1. The maximum absolute atomic E-state index is 5.60. The van der Waals surface area contributed by atoms with Gasteiger partial charge in [-0.3, -0.25) is 0 Å². The molecule has 0 radical (unpaired) electrons. The van der Waals surface area contributed by atoms with E-state index in [0.717, 1.165) is 17.3 Å². The maximum Gasteiger partial charge on any atom is 0.204 e. The SMILES string of the molecule is CO[C@]12CCCC[C@H]1CC(C)(CI)OO2. The zero-order chi connectivity index (χ0) is 10.9. The van der Waals surface area contributed by atoms with Gasteiger partial charge in [-0.2, -0.15) is 0 Å². The normalized spacial score (nSPS) is 46.2. The van der Waals surface area contributed by atoms with Gasteiger partial charge in [0.2, 0.25) is 5.79 Å². The zero-order valence-electron chi connectivity index (χ0n) is 9.42. The van der Waals surface area contributed by atoms with Crippen molar-refractivity contribution in [1.29, 1.82) is 0 Å². The van der Waals surface area contributed by atoms with Crippen molar-refractivity contribution in [3.63, 3.8) is 0 Å². The van der Waals surface area contributed by atoms with Crippen LogP contribution >= 0.6 is 22.6 Å². The lowest BCUT2D eigenvalue weighted by molar-refractivity contribution is -0.502. The highest BCUT2D eigenvalue weighted by molar-refractivity contribution is 14.1. The molecule has 1 saturated heterocycles. The predicted octanol–water partition coefficient (Wildman–Crippen LogP) is 3.06. The van der Waals surface area contributed by atoms with E-state index in [9.17, 15) is 0 Å². The molecule has 15 heavy (non-hydrogen) atoms. The van der Waals surface area contributed by atoms with Gasteiger partial charge < -0.3 is 4.74 Å². The number of rotatable bonds is 2. The summed E-state index contributed by atoms with van der Waals surface area (Å²) in [5.41, 5.74) is -0.134. The summed E-state index contributed by atoms with van der Waals surface area (Å²) in [5.74, 6) is 0.0357. The molecular formula is C11H19IO3. The number of methoxy groups -OCH3 is 1. The average molecular weight is 326 g/mol. The van der Waals surface area contributed by atoms with Gasteiger partial charge in [0.15, 0.2) is 0 Å². The number of halogens is 1. The van der Waals surface area contributed by atoms with Crippen molar-refractivity contribution in [2.45, 2.75) is 50.4 Å². The highest BCUT2D eigenvalue weighted by atomic mass is 127. The summed E-state index contributed by atoms with van der Waals surface area (Å²) in [6.07, 6.45) is 5.67. The minimum Gasteiger partial charge on any atom is -0.350 e. The molecule has 3 nitrogen and oxygen atoms in total. The third-order valence-electron chi connectivity index (χ3n) is 3.64. The molecule has 3 atom stereocenters. The molecule has 1 aliphatic heterocycles. The summed E-state index contributed by atoms with van der Waals surface area (Å²) in [6.45, 7) is 2.12. The smallest absolute Gasteiger partial charge is 0.204 e. The first-order valence-electron chi connectivity index (χ1n) is 5.62. The van der Waals surface area contributed by atoms with Crippen LogP contribution in [0.5, 0.6) is 0 Å². The molecule has 1 unspecified atom stereocenters. The quantitative estimate of drug-likeness (QED) is 0.443. The van der Waals surface area contributed by atoms with Crippen molar-refractivity contribution >= 4 is 22.6 Å². The molecule has 2 fully saturated rings. The molecular weight excluding hydrogens is 307 g/mol. The van der Waals surface area contributed by atoms with E-state index >= 15 is 0 Å². The molecule has 1 aliphatic carbocycles. The molecule has 0 aromatic carbocycles. The van der Waals surface area contributed by atoms with Crippen LogP contribution in [-0.2, 0) is 14.5 Å². The summed E-state index contributed by atoms with van der Waals surface area (Å²) in [7, 11) is 1.73. The molecule has 0 amide bonds. The topological polar surface area (TPSA) is 27.7 Å². The van der Waals surface area contributed by atoms with E-state index in [4.69, 9.17) is 14.5 Å². The molecule has 1 heterocycles. The highest BCUT2D eigenvalue weighted by Crippen LogP contribution is 2.47. The van der Waals surface area contributed by atoms with Gasteiger partial charge in [0.05, 0.1) is 0 Å². The minimum atomic E-state index is -0.455. The molecule has 0 aromatic rings. The van der Waals surface area contributed by atoms with Crippen LogP contribution < -0.4 is 0 Å². The van der Waals surface area contributed by atoms with Gasteiger partial charge >= 0.3 is 0 Å². The molecule has 2 rings (SSSR count). The second-order valence-electron chi connectivity index (χ2n) is 4.91. The van der Waals surface area contributed by atoms with Gasteiger partial charge in [0.25, 0.3) is 0 Å². The average Bonchev–Trinajstić information content (AvgIpc) is 2.29. The molecule has 4 heteroatoms. The third kappa shape index (κ3) is 2.18. The first-order valence-corrected chi connectivity index (χ1v) is 7.15. The first-order chi connectivity index (χ1) is 7.14. The summed E-state index contributed by atoms with van der Waals surface area (Å²) in [6, 6.07) is 0. The summed E-state index contributed by atoms with van der Waals surface area (Å²) in [4.78, 5) is 11.1. The van der Waals surface area contributed by atoms with Gasteiger partial charge in [-0.25, -0.2) is 9.78 Å². The van der Waals surface area contributed by atoms with Crippen LogP contribution in [0.15, 0.2) is 0 Å². The van der Waals surface area contributed by atoms with E-state index in [1.165, 1.54) is 19.3 Å². The number of hydrogen-bond acceptors (Lipinski definition) is 3. The van der Waals surface area contributed by atoms with E-state index in [-0.39, 0.29) is 5.60 Å². The summed E-state index contributed by atoms with van der Waals surface area (Å²) >= 11 is 2.36. The van der Waals surface area contributed by atoms with Crippen molar-refractivity contribution in [2.24, 2.45) is 5.92 Å². The van der Waals surface area contributed by atoms with E-state index < -0.39 is 5.79 Å². The van der Waals surface area contributed by atoms with Crippen LogP contribution in [0, 0.1) is 5.92 Å². The molecule has 0 bridgehead atoms. The number of fused-ring (bicyclic) bond motifs is 1. The number of hydrogen-bond donors (Lipinski definition) is 0. The fraction of sp³-hybridized carbons (Fsp3) is 1.00. The second kappa shape index (κ2) is 4.47. The van der Waals surface area contributed by atoms with Crippen molar-refractivity contribution in [2.75, 3.05) is 11.5 Å². The zero-order valence-corrected chi connectivity index (χ0v) is 11.6. The van der Waals surface area contributed by atoms with Crippen LogP contribution in [0.2, 0.25) is 0 Å². The van der Waals surface area contributed by atoms with Crippen LogP contribution in [0.3, 0.4) is 0 Å². The van der Waals surface area contributed by atoms with Crippen molar-refractivity contribution in [3.8, 4) is 0 Å². The van der Waals surface area contributed by atoms with E-state index in [2.05, 4.69) is 29.5 Å². The Balaban J connectivity index is 2.12. The predicted molar refractivity (Wildman–Crippen MR) is 65.8 cm³/mol. The van der Waals surface area contributed by atoms with Gasteiger partial charge in [0, 0.05) is 23.9 Å². The van der Waals surface area contributed by atoms with Gasteiger partial charge in [0.1, 0.15) is 5.60 Å². The maximum atomic E-state index is 5.60. The lowest BCUT2D eigenvalue weighted by Gasteiger charge is -2.49. The van der Waals surface area contributed by atoms with Gasteiger partial charge in [-0.15, -0.1) is 0 Å². The van der Waals surface area contributed by atoms with Gasteiger partial charge in [-0.1, -0.05) is 29.0 Å². The Bertz CT molecular complexity index is 236. The van der Waals surface area contributed by atoms with Crippen LogP contribution in [0.1, 0.15) is 39.0 Å². The fourth-order valence-electron chi connectivity index (χ4n) is 2.66. The lowest BCUT2D eigenvalue weighted by atomic mass is 9.77. The van der Waals surface area contributed by atoms with E-state index in [1.807, 2.05) is 0 Å². The molecule has 0 aromatic heterocycles. The second-order valence-corrected chi connectivity index (χ2v) is 5.68. The van der Waals surface area contributed by atoms with Crippen molar-refractivity contribution in [1.82, 2.24) is 0 Å². The minimum absolute atomic E-state index is 0.134. The van der Waals surface area contributed by atoms with Crippen LogP contribution in [0.4, 0.5) is 0 Å². The lowest BCUT2D eigenvalue weighted by Crippen LogP contribution is -2.55. The molecule has 0 spiro atoms. The summed E-state index contributed by atoms with van der Waals surface area (Å²) in [5, 5.41) is 0. The molecule has 2 aliphatic rings. The van der Waals surface area contributed by atoms with Crippen LogP contribution in [-0.4, -0.2) is 22.9 Å². The van der Waals surface area contributed by atoms with Gasteiger partial charge in [-0.05, 0) is 26.2 Å². The third-order valence-corrected chi connectivity index (χ3v) is 5.25. The molecule has 88 valence electrons. The Morgan fingerprint density at radius 3 is 2.87 bits per heavy atom. The first kappa shape index (κ1) is 12.1. The number of alkyl halides is 1. The molecule has 1 saturated carbocycles. The largest absolute Gasteiger partial charge is 0.350 e. The summed E-state index contributed by atoms with van der Waals surface area (Å²) < 4.78 is 6.53. The Hall–Kier alpha value is 0.610. The highest BCUT2D eigenvalue weighted by Gasteiger charge is 2.51. The Morgan fingerprint density at radius 1 is 1.40 bits per heavy atom. The Morgan fingerprint density at radius 2 is 2.20 bits per heavy atom. The monoisotopic (exact) mass is 326 g/mol. The van der Waals surface area contributed by atoms with E-state index in [0.29, 0.717) is 5.92 Å². The Labute approximate surface area is 105 Å². The fourth-order valence-corrected chi connectivity index (χ4v) is 3.10. The Kier molecular flexibility index (Phi) is 3.60. The van der Waals surface area contributed by atoms with Crippen LogP contribution in [0.25, 0.3) is 0 Å².